The van der Waals surface area contributed by atoms with Crippen molar-refractivity contribution in [1.29, 1.82) is 0 Å². The van der Waals surface area contributed by atoms with Gasteiger partial charge in [-0.25, -0.2) is 9.52 Å². The monoisotopic (exact) mass is 774 g/mol. The molecule has 14 nitrogen and oxygen atoms in total. The van der Waals surface area contributed by atoms with Crippen molar-refractivity contribution in [1.82, 2.24) is 24.6 Å². The van der Waals surface area contributed by atoms with Crippen molar-refractivity contribution < 1.29 is 37.2 Å². The summed E-state index contributed by atoms with van der Waals surface area (Å²) in [7, 11) is -4.09. The number of nitrogens with one attached hydrogen (secondary N) is 3. The summed E-state index contributed by atoms with van der Waals surface area (Å²) in [5.41, 5.74) is 2.13. The number of fused-ring (bicyclic) bond motifs is 3. The van der Waals surface area contributed by atoms with E-state index >= 15 is 0 Å². The van der Waals surface area contributed by atoms with Gasteiger partial charge in [0.1, 0.15) is 35.5 Å². The summed E-state index contributed by atoms with van der Waals surface area (Å²) in [5, 5.41) is 10.2. The van der Waals surface area contributed by atoms with E-state index in [-0.39, 0.29) is 25.5 Å². The number of rotatable bonds is 12. The molecule has 55 heavy (non-hydrogen) atoms. The van der Waals surface area contributed by atoms with Crippen molar-refractivity contribution in [3.63, 3.8) is 0 Å². The maximum Gasteiger partial charge on any atom is 0.408 e. The lowest BCUT2D eigenvalue weighted by Crippen LogP contribution is -2.61. The first kappa shape index (κ1) is 38.5. The highest BCUT2D eigenvalue weighted by molar-refractivity contribution is 7.87. The molecule has 5 atom stereocenters. The molecule has 294 valence electrons. The van der Waals surface area contributed by atoms with E-state index in [0.717, 1.165) is 47.9 Å². The van der Waals surface area contributed by atoms with Crippen LogP contribution in [0.3, 0.4) is 0 Å². The lowest BCUT2D eigenvalue weighted by molar-refractivity contribution is -0.143. The average Bonchev–Trinajstić information content (AvgIpc) is 3.46. The van der Waals surface area contributed by atoms with Crippen LogP contribution in [0, 0.1) is 11.3 Å². The van der Waals surface area contributed by atoms with Crippen molar-refractivity contribution in [2.24, 2.45) is 16.5 Å². The molecule has 5 aliphatic rings. The highest BCUT2D eigenvalue weighted by Gasteiger charge is 2.62. The van der Waals surface area contributed by atoms with Gasteiger partial charge in [0.15, 0.2) is 0 Å². The number of likely N-dealkylation sites (tertiary alicyclic amines) is 1. The van der Waals surface area contributed by atoms with Crippen LogP contribution in [0.4, 0.5) is 4.79 Å². The van der Waals surface area contributed by atoms with Crippen molar-refractivity contribution in [2.75, 3.05) is 19.6 Å². The number of carbonyl (C=O) groups excluding carboxylic acids is 4. The van der Waals surface area contributed by atoms with Crippen LogP contribution in [-0.2, 0) is 34.2 Å². The van der Waals surface area contributed by atoms with Gasteiger partial charge in [0.05, 0.1) is 6.54 Å². The third kappa shape index (κ3) is 7.73. The number of alkyl carbamates (subject to hydrolysis) is 1. The van der Waals surface area contributed by atoms with E-state index in [1.54, 1.807) is 6.08 Å². The van der Waals surface area contributed by atoms with E-state index < -0.39 is 69.1 Å². The maximum absolute atomic E-state index is 14.6. The van der Waals surface area contributed by atoms with Crippen LogP contribution in [0.15, 0.2) is 66.3 Å². The fourth-order valence-electron chi connectivity index (χ4n) is 8.12. The van der Waals surface area contributed by atoms with Crippen LogP contribution in [-0.4, -0.2) is 96.6 Å². The summed E-state index contributed by atoms with van der Waals surface area (Å²) in [6.07, 6.45) is 4.66. The van der Waals surface area contributed by atoms with Crippen LogP contribution in [0.1, 0.15) is 83.3 Å². The Hall–Kier alpha value is -4.76. The fraction of sp³-hybridized carbons (Fsp3) is 0.525. The SMILES string of the molecule is C=CC[C@@H]1C[C@]1(NC(=O)[C@@H]1C[C@@H](ON=C2c3ccccc3-c3ccccc32)CN1C(=O)[C@@H](NC(=O)OC1CCCC1)C(C)(C)C)C(=O)NS(=O)(=O)N1CCC1. The Kier molecular flexibility index (Phi) is 10.5. The van der Waals surface area contributed by atoms with E-state index in [9.17, 15) is 27.6 Å². The van der Waals surface area contributed by atoms with Gasteiger partial charge in [-0.05, 0) is 67.4 Å². The molecule has 4 amide bonds. The molecule has 7 rings (SSSR count). The van der Waals surface area contributed by atoms with E-state index in [1.165, 1.54) is 9.21 Å². The molecule has 0 unspecified atom stereocenters. The molecule has 0 aromatic heterocycles. The second-order valence-corrected chi connectivity index (χ2v) is 18.0. The van der Waals surface area contributed by atoms with Crippen molar-refractivity contribution >= 4 is 39.7 Å². The molecule has 0 bridgehead atoms. The number of carbonyl (C=O) groups is 4. The highest BCUT2D eigenvalue weighted by Crippen LogP contribution is 2.47. The van der Waals surface area contributed by atoms with E-state index in [4.69, 9.17) is 9.57 Å². The van der Waals surface area contributed by atoms with Crippen molar-refractivity contribution in [3.05, 3.63) is 72.3 Å². The molecule has 2 aromatic carbocycles. The quantitative estimate of drug-likeness (QED) is 0.183. The lowest BCUT2D eigenvalue weighted by atomic mass is 9.85. The third-order valence-electron chi connectivity index (χ3n) is 11.4. The Bertz CT molecular complexity index is 1960. The van der Waals surface area contributed by atoms with E-state index in [1.807, 2.05) is 69.3 Å². The predicted octanol–water partition coefficient (Wildman–Crippen LogP) is 4.01. The Labute approximate surface area is 322 Å². The minimum atomic E-state index is -4.09. The molecule has 4 fully saturated rings. The number of amides is 4. The van der Waals surface area contributed by atoms with Crippen LogP contribution >= 0.6 is 0 Å². The van der Waals surface area contributed by atoms with E-state index in [2.05, 4.69) is 27.1 Å². The zero-order chi connectivity index (χ0) is 39.1. The Morgan fingerprint density at radius 2 is 1.58 bits per heavy atom. The van der Waals surface area contributed by atoms with Crippen LogP contribution in [0.5, 0.6) is 0 Å². The second-order valence-electron chi connectivity index (χ2n) is 16.3. The molecule has 3 N–H and O–H groups in total. The smallest absolute Gasteiger partial charge is 0.408 e. The molecule has 3 aliphatic carbocycles. The number of allylic oxidation sites excluding steroid dienone is 1. The molecule has 2 saturated carbocycles. The summed E-state index contributed by atoms with van der Waals surface area (Å²) in [4.78, 5) is 63.4. The Balaban J connectivity index is 1.16. The van der Waals surface area contributed by atoms with Crippen molar-refractivity contribution in [3.8, 4) is 11.1 Å². The number of nitrogens with zero attached hydrogens (tertiary/aromatic N) is 3. The number of oxime groups is 1. The first-order valence-electron chi connectivity index (χ1n) is 19.2. The number of hydrogen-bond donors (Lipinski definition) is 3. The third-order valence-corrected chi connectivity index (χ3v) is 12.9. The zero-order valence-electron chi connectivity index (χ0n) is 31.6. The molecule has 0 radical (unpaired) electrons. The average molecular weight is 775 g/mol. The topological polar surface area (TPSA) is 176 Å². The standard InChI is InChI=1S/C40H50N6O8S/c1-5-13-25-23-40(25,37(49)44-55(51,52)45-20-12-21-45)42-35(47)32-22-27(54-43-33-30-18-10-8-16-28(30)29-17-9-11-19-31(29)33)24-46(32)36(48)34(39(2,3)4)41-38(50)53-26-14-6-7-15-26/h5,8-11,16-19,25-27,32,34H,1,6-7,12-15,20-24H2,2-4H3,(H,41,50)(H,42,47)(H,44,49)/t25-,27-,32+,34-,40-/m1/s1. The number of benzene rings is 2. The van der Waals surface area contributed by atoms with Gasteiger partial charge < -0.3 is 25.1 Å². The summed E-state index contributed by atoms with van der Waals surface area (Å²) < 4.78 is 34.8. The number of ether oxygens (including phenoxy) is 1. The largest absolute Gasteiger partial charge is 0.446 e. The van der Waals surface area contributed by atoms with Crippen molar-refractivity contribution in [2.45, 2.75) is 102 Å². The van der Waals surface area contributed by atoms with Gasteiger partial charge in [-0.1, -0.05) is 80.5 Å². The van der Waals surface area contributed by atoms with Gasteiger partial charge in [-0.2, -0.15) is 12.7 Å². The zero-order valence-corrected chi connectivity index (χ0v) is 32.4. The molecule has 0 spiro atoms. The molecular weight excluding hydrogens is 725 g/mol. The number of hydrogen-bond acceptors (Lipinski definition) is 9. The van der Waals surface area contributed by atoms with Gasteiger partial charge in [0, 0.05) is 30.6 Å². The fourth-order valence-corrected chi connectivity index (χ4v) is 9.40. The lowest BCUT2D eigenvalue weighted by Gasteiger charge is -2.35. The second kappa shape index (κ2) is 15.1. The summed E-state index contributed by atoms with van der Waals surface area (Å²) in [6, 6.07) is 13.5. The normalized spacial score (nSPS) is 25.2. The van der Waals surface area contributed by atoms with Gasteiger partial charge in [-0.15, -0.1) is 6.58 Å². The molecule has 2 aliphatic heterocycles. The maximum atomic E-state index is 14.6. The Morgan fingerprint density at radius 1 is 0.964 bits per heavy atom. The van der Waals surface area contributed by atoms with Crippen LogP contribution in [0.25, 0.3) is 11.1 Å². The predicted molar refractivity (Wildman–Crippen MR) is 205 cm³/mol. The molecule has 2 saturated heterocycles. The first-order valence-corrected chi connectivity index (χ1v) is 20.6. The van der Waals surface area contributed by atoms with Gasteiger partial charge in [0.2, 0.25) is 11.8 Å². The molecule has 2 aromatic rings. The Morgan fingerprint density at radius 3 is 2.15 bits per heavy atom. The first-order chi connectivity index (χ1) is 26.2. The van der Waals surface area contributed by atoms with Crippen LogP contribution in [0.2, 0.25) is 0 Å². The molecular formula is C40H50N6O8S. The molecule has 2 heterocycles. The molecule has 15 heteroatoms. The highest BCUT2D eigenvalue weighted by atomic mass is 32.2. The van der Waals surface area contributed by atoms with E-state index in [0.29, 0.717) is 31.6 Å². The minimum absolute atomic E-state index is 0.0247. The summed E-state index contributed by atoms with van der Waals surface area (Å²) in [5.74, 6) is -2.41. The summed E-state index contributed by atoms with van der Waals surface area (Å²) in [6.45, 7) is 9.78. The van der Waals surface area contributed by atoms with Gasteiger partial charge in [0.25, 0.3) is 5.91 Å². The van der Waals surface area contributed by atoms with Gasteiger partial charge in [-0.3, -0.25) is 14.4 Å². The van der Waals surface area contributed by atoms with Crippen LogP contribution < -0.4 is 15.4 Å². The minimum Gasteiger partial charge on any atom is -0.446 e. The van der Waals surface area contributed by atoms with Gasteiger partial charge >= 0.3 is 16.3 Å². The summed E-state index contributed by atoms with van der Waals surface area (Å²) >= 11 is 0.